The SMILES string of the molecule is CSC(C)CNS(=O)(=O)c1ccc(CNC2CC2)s1. The minimum absolute atomic E-state index is 0.283. The molecule has 19 heavy (non-hydrogen) atoms. The molecule has 0 spiro atoms. The third kappa shape index (κ3) is 4.75. The van der Waals surface area contributed by atoms with Crippen LogP contribution >= 0.6 is 23.1 Å². The Bertz CT molecular complexity index is 509. The van der Waals surface area contributed by atoms with Crippen LogP contribution in [0.15, 0.2) is 16.3 Å². The van der Waals surface area contributed by atoms with E-state index in [0.29, 0.717) is 16.8 Å². The molecule has 1 heterocycles. The van der Waals surface area contributed by atoms with Gasteiger partial charge < -0.3 is 5.32 Å². The highest BCUT2D eigenvalue weighted by Gasteiger charge is 2.21. The van der Waals surface area contributed by atoms with E-state index in [1.807, 2.05) is 19.2 Å². The molecule has 0 radical (unpaired) electrons. The van der Waals surface area contributed by atoms with E-state index in [2.05, 4.69) is 10.0 Å². The van der Waals surface area contributed by atoms with Crippen LogP contribution in [0.1, 0.15) is 24.6 Å². The van der Waals surface area contributed by atoms with Crippen LogP contribution in [-0.2, 0) is 16.6 Å². The van der Waals surface area contributed by atoms with Gasteiger partial charge in [-0.3, -0.25) is 0 Å². The first-order valence-corrected chi connectivity index (χ1v) is 9.94. The normalized spacial score (nSPS) is 17.6. The molecule has 4 nitrogen and oxygen atoms in total. The van der Waals surface area contributed by atoms with Gasteiger partial charge in [0.1, 0.15) is 4.21 Å². The van der Waals surface area contributed by atoms with Crippen molar-refractivity contribution in [1.29, 1.82) is 0 Å². The van der Waals surface area contributed by atoms with E-state index in [9.17, 15) is 8.42 Å². The highest BCUT2D eigenvalue weighted by atomic mass is 32.2. The van der Waals surface area contributed by atoms with Crippen molar-refractivity contribution < 1.29 is 8.42 Å². The fourth-order valence-corrected chi connectivity index (χ4v) is 4.35. The van der Waals surface area contributed by atoms with Crippen LogP contribution < -0.4 is 10.0 Å². The molecule has 0 amide bonds. The average Bonchev–Trinajstić information content (AvgIpc) is 3.09. The van der Waals surface area contributed by atoms with Gasteiger partial charge in [0, 0.05) is 29.3 Å². The molecule has 1 aromatic rings. The van der Waals surface area contributed by atoms with E-state index in [0.717, 1.165) is 11.4 Å². The molecule has 1 atom stereocenters. The number of hydrogen-bond acceptors (Lipinski definition) is 5. The summed E-state index contributed by atoms with van der Waals surface area (Å²) in [5, 5.41) is 3.67. The quantitative estimate of drug-likeness (QED) is 0.769. The van der Waals surface area contributed by atoms with Crippen LogP contribution in [0.5, 0.6) is 0 Å². The number of sulfonamides is 1. The van der Waals surface area contributed by atoms with Crippen LogP contribution in [0.3, 0.4) is 0 Å². The summed E-state index contributed by atoms with van der Waals surface area (Å²) in [5.41, 5.74) is 0. The lowest BCUT2D eigenvalue weighted by Crippen LogP contribution is -2.28. The smallest absolute Gasteiger partial charge is 0.250 e. The zero-order valence-electron chi connectivity index (χ0n) is 11.2. The molecule has 0 bridgehead atoms. The van der Waals surface area contributed by atoms with Gasteiger partial charge in [-0.05, 0) is 31.2 Å². The Morgan fingerprint density at radius 2 is 2.21 bits per heavy atom. The van der Waals surface area contributed by atoms with Gasteiger partial charge in [0.05, 0.1) is 0 Å². The molecule has 1 saturated carbocycles. The van der Waals surface area contributed by atoms with Gasteiger partial charge in [0.2, 0.25) is 10.0 Å². The van der Waals surface area contributed by atoms with Gasteiger partial charge in [-0.15, -0.1) is 11.3 Å². The van der Waals surface area contributed by atoms with Gasteiger partial charge in [-0.25, -0.2) is 13.1 Å². The van der Waals surface area contributed by atoms with Crippen molar-refractivity contribution in [3.63, 3.8) is 0 Å². The van der Waals surface area contributed by atoms with E-state index in [-0.39, 0.29) is 5.25 Å². The average molecular weight is 321 g/mol. The Kier molecular flexibility index (Phi) is 5.30. The maximum absolute atomic E-state index is 12.1. The third-order valence-electron chi connectivity index (χ3n) is 3.01. The van der Waals surface area contributed by atoms with Crippen molar-refractivity contribution in [2.45, 2.75) is 41.8 Å². The molecular formula is C12H20N2O2S3. The van der Waals surface area contributed by atoms with Crippen LogP contribution in [0.2, 0.25) is 0 Å². The molecule has 2 N–H and O–H groups in total. The predicted molar refractivity (Wildman–Crippen MR) is 82.3 cm³/mol. The molecule has 0 saturated heterocycles. The molecule has 1 fully saturated rings. The van der Waals surface area contributed by atoms with E-state index >= 15 is 0 Å². The molecule has 2 rings (SSSR count). The summed E-state index contributed by atoms with van der Waals surface area (Å²) < 4.78 is 27.2. The van der Waals surface area contributed by atoms with E-state index in [1.54, 1.807) is 17.8 Å². The summed E-state index contributed by atoms with van der Waals surface area (Å²) in [6, 6.07) is 4.23. The Morgan fingerprint density at radius 1 is 1.47 bits per heavy atom. The minimum Gasteiger partial charge on any atom is -0.309 e. The summed E-state index contributed by atoms with van der Waals surface area (Å²) in [7, 11) is -3.34. The predicted octanol–water partition coefficient (Wildman–Crippen LogP) is 2.03. The summed E-state index contributed by atoms with van der Waals surface area (Å²) in [5.74, 6) is 0. The molecule has 1 aromatic heterocycles. The van der Waals surface area contributed by atoms with Gasteiger partial charge in [0.15, 0.2) is 0 Å². The van der Waals surface area contributed by atoms with Crippen LogP contribution in [0.25, 0.3) is 0 Å². The summed E-state index contributed by atoms with van der Waals surface area (Å²) in [4.78, 5) is 1.07. The van der Waals surface area contributed by atoms with Crippen molar-refractivity contribution in [2.75, 3.05) is 12.8 Å². The van der Waals surface area contributed by atoms with Crippen molar-refractivity contribution in [1.82, 2.24) is 10.0 Å². The maximum atomic E-state index is 12.1. The lowest BCUT2D eigenvalue weighted by molar-refractivity contribution is 0.583. The Hall–Kier alpha value is -0.0800. The molecule has 7 heteroatoms. The third-order valence-corrected chi connectivity index (χ3v) is 6.98. The van der Waals surface area contributed by atoms with Crippen LogP contribution in [0.4, 0.5) is 0 Å². The Morgan fingerprint density at radius 3 is 2.84 bits per heavy atom. The molecular weight excluding hydrogens is 300 g/mol. The van der Waals surface area contributed by atoms with Crippen LogP contribution in [0, 0.1) is 0 Å². The first-order valence-electron chi connectivity index (χ1n) is 6.36. The second-order valence-corrected chi connectivity index (χ2v) is 9.21. The second kappa shape index (κ2) is 6.58. The molecule has 1 aliphatic rings. The Labute approximate surface area is 123 Å². The van der Waals surface area contributed by atoms with Crippen molar-refractivity contribution in [2.24, 2.45) is 0 Å². The number of rotatable bonds is 8. The van der Waals surface area contributed by atoms with Gasteiger partial charge in [0.25, 0.3) is 0 Å². The van der Waals surface area contributed by atoms with Gasteiger partial charge in [-0.1, -0.05) is 6.92 Å². The number of thioether (sulfide) groups is 1. The van der Waals surface area contributed by atoms with Gasteiger partial charge >= 0.3 is 0 Å². The molecule has 108 valence electrons. The monoisotopic (exact) mass is 320 g/mol. The van der Waals surface area contributed by atoms with Crippen molar-refractivity contribution in [3.8, 4) is 0 Å². The zero-order valence-corrected chi connectivity index (χ0v) is 13.6. The molecule has 0 aliphatic heterocycles. The maximum Gasteiger partial charge on any atom is 0.250 e. The second-order valence-electron chi connectivity index (χ2n) is 4.77. The zero-order chi connectivity index (χ0) is 13.9. The van der Waals surface area contributed by atoms with E-state index in [4.69, 9.17) is 0 Å². The molecule has 0 aromatic carbocycles. The standard InChI is InChI=1S/C12H20N2O2S3/c1-9(17-2)7-14-19(15,16)12-6-5-11(18-12)8-13-10-3-4-10/h5-6,9-10,13-14H,3-4,7-8H2,1-2H3. The largest absolute Gasteiger partial charge is 0.309 e. The van der Waals surface area contributed by atoms with E-state index in [1.165, 1.54) is 24.2 Å². The van der Waals surface area contributed by atoms with E-state index < -0.39 is 10.0 Å². The van der Waals surface area contributed by atoms with Crippen LogP contribution in [-0.4, -0.2) is 32.5 Å². The number of nitrogens with one attached hydrogen (secondary N) is 2. The number of thiophene rings is 1. The lowest BCUT2D eigenvalue weighted by atomic mass is 10.4. The number of hydrogen-bond donors (Lipinski definition) is 2. The van der Waals surface area contributed by atoms with Gasteiger partial charge in [-0.2, -0.15) is 11.8 Å². The highest BCUT2D eigenvalue weighted by molar-refractivity contribution is 7.99. The Balaban J connectivity index is 1.91. The molecule has 1 unspecified atom stereocenters. The summed E-state index contributed by atoms with van der Waals surface area (Å²) in [6.45, 7) is 3.25. The summed E-state index contributed by atoms with van der Waals surface area (Å²) in [6.07, 6.45) is 4.46. The lowest BCUT2D eigenvalue weighted by Gasteiger charge is -2.09. The fraction of sp³-hybridized carbons (Fsp3) is 0.667. The minimum atomic E-state index is -3.34. The molecule has 1 aliphatic carbocycles. The summed E-state index contributed by atoms with van der Waals surface area (Å²) >= 11 is 3.00. The first kappa shape index (κ1) is 15.3. The fourth-order valence-electron chi connectivity index (χ4n) is 1.51. The highest BCUT2D eigenvalue weighted by Crippen LogP contribution is 2.24. The van der Waals surface area contributed by atoms with Crippen molar-refractivity contribution in [3.05, 3.63) is 17.0 Å². The van der Waals surface area contributed by atoms with Crippen molar-refractivity contribution >= 4 is 33.1 Å². The topological polar surface area (TPSA) is 58.2 Å². The first-order chi connectivity index (χ1) is 9.01.